The van der Waals surface area contributed by atoms with Crippen LogP contribution >= 0.6 is 23.1 Å². The number of rotatable bonds is 8. The van der Waals surface area contributed by atoms with Crippen LogP contribution in [0.2, 0.25) is 0 Å². The van der Waals surface area contributed by atoms with E-state index in [0.717, 1.165) is 31.4 Å². The van der Waals surface area contributed by atoms with Crippen LogP contribution in [0.1, 0.15) is 19.8 Å². The number of benzene rings is 1. The number of piperidine rings is 1. The van der Waals surface area contributed by atoms with E-state index in [0.29, 0.717) is 28.6 Å². The van der Waals surface area contributed by atoms with Gasteiger partial charge in [-0.05, 0) is 24.8 Å². The number of hydrogen-bond donors (Lipinski definition) is 0. The first-order chi connectivity index (χ1) is 14.9. The van der Waals surface area contributed by atoms with Gasteiger partial charge in [-0.3, -0.25) is 19.7 Å². The summed E-state index contributed by atoms with van der Waals surface area (Å²) >= 11 is 2.50. The van der Waals surface area contributed by atoms with Gasteiger partial charge < -0.3 is 14.2 Å². The Morgan fingerprint density at radius 3 is 2.90 bits per heavy atom. The first kappa shape index (κ1) is 23.4. The number of nitro groups is 1. The van der Waals surface area contributed by atoms with Gasteiger partial charge in [0.2, 0.25) is 5.91 Å². The van der Waals surface area contributed by atoms with Crippen molar-refractivity contribution in [3.63, 3.8) is 0 Å². The van der Waals surface area contributed by atoms with Gasteiger partial charge in [-0.25, -0.2) is 0 Å². The number of thioether (sulfide) groups is 1. The molecule has 9 nitrogen and oxygen atoms in total. The molecule has 1 aromatic heterocycles. The van der Waals surface area contributed by atoms with Crippen LogP contribution in [0.25, 0.3) is 10.2 Å². The largest absolute Gasteiger partial charge is 0.383 e. The zero-order chi connectivity index (χ0) is 22.4. The molecule has 0 radical (unpaired) electrons. The van der Waals surface area contributed by atoms with Gasteiger partial charge >= 0.3 is 0 Å². The number of nitro benzene ring substituents is 1. The summed E-state index contributed by atoms with van der Waals surface area (Å²) in [6.07, 6.45) is 2.17. The summed E-state index contributed by atoms with van der Waals surface area (Å²) in [5, 5.41) is 11.1. The molecule has 3 rings (SSSR count). The van der Waals surface area contributed by atoms with Gasteiger partial charge in [-0.2, -0.15) is 4.99 Å². The van der Waals surface area contributed by atoms with Gasteiger partial charge in [-0.1, -0.05) is 18.3 Å². The fourth-order valence-electron chi connectivity index (χ4n) is 3.53. The molecule has 11 heteroatoms. The van der Waals surface area contributed by atoms with Crippen molar-refractivity contribution in [2.45, 2.75) is 26.3 Å². The lowest BCUT2D eigenvalue weighted by Crippen LogP contribution is -2.40. The Morgan fingerprint density at radius 2 is 2.19 bits per heavy atom. The number of amides is 2. The van der Waals surface area contributed by atoms with Crippen molar-refractivity contribution >= 4 is 50.8 Å². The van der Waals surface area contributed by atoms with E-state index in [4.69, 9.17) is 4.74 Å². The number of thiazole rings is 1. The predicted molar refractivity (Wildman–Crippen MR) is 121 cm³/mol. The third-order valence-corrected chi connectivity index (χ3v) is 7.02. The Labute approximate surface area is 188 Å². The van der Waals surface area contributed by atoms with Gasteiger partial charge in [0.15, 0.2) is 4.80 Å². The molecule has 168 valence electrons. The number of nitrogens with zero attached hydrogens (tertiary/aromatic N) is 4. The van der Waals surface area contributed by atoms with E-state index in [1.807, 2.05) is 9.47 Å². The van der Waals surface area contributed by atoms with Gasteiger partial charge in [0.05, 0.1) is 33.3 Å². The second-order valence-electron chi connectivity index (χ2n) is 7.52. The molecule has 1 aliphatic rings. The van der Waals surface area contributed by atoms with Gasteiger partial charge in [0.1, 0.15) is 0 Å². The Kier molecular flexibility index (Phi) is 8.22. The van der Waals surface area contributed by atoms with Crippen LogP contribution in [0.3, 0.4) is 0 Å². The highest BCUT2D eigenvalue weighted by atomic mass is 32.2. The number of ether oxygens (including phenoxy) is 1. The number of aromatic nitrogens is 1. The van der Waals surface area contributed by atoms with Crippen molar-refractivity contribution in [3.05, 3.63) is 33.1 Å². The lowest BCUT2D eigenvalue weighted by molar-refractivity contribution is -0.384. The molecule has 0 bridgehead atoms. The maximum Gasteiger partial charge on any atom is 0.270 e. The number of hydrogen-bond acceptors (Lipinski definition) is 7. The molecule has 1 aromatic carbocycles. The summed E-state index contributed by atoms with van der Waals surface area (Å²) in [4.78, 5) is 42.0. The maximum atomic E-state index is 12.4. The minimum absolute atomic E-state index is 0.00776. The van der Waals surface area contributed by atoms with Crippen molar-refractivity contribution in [1.29, 1.82) is 0 Å². The van der Waals surface area contributed by atoms with Crippen molar-refractivity contribution < 1.29 is 19.2 Å². The monoisotopic (exact) mass is 466 g/mol. The number of methoxy groups -OCH3 is 1. The molecule has 2 aromatic rings. The highest BCUT2D eigenvalue weighted by molar-refractivity contribution is 8.00. The lowest BCUT2D eigenvalue weighted by atomic mass is 10.0. The fraction of sp³-hybridized carbons (Fsp3) is 0.550. The molecule has 0 N–H and O–H groups in total. The fourth-order valence-corrected chi connectivity index (χ4v) is 5.34. The van der Waals surface area contributed by atoms with E-state index in [-0.39, 0.29) is 29.0 Å². The average molecular weight is 467 g/mol. The van der Waals surface area contributed by atoms with E-state index in [1.54, 1.807) is 13.2 Å². The zero-order valence-electron chi connectivity index (χ0n) is 17.6. The third-order valence-electron chi connectivity index (χ3n) is 5.08. The summed E-state index contributed by atoms with van der Waals surface area (Å²) in [6, 6.07) is 4.59. The second-order valence-corrected chi connectivity index (χ2v) is 9.52. The summed E-state index contributed by atoms with van der Waals surface area (Å²) in [5.74, 6) is 0.612. The lowest BCUT2D eigenvalue weighted by Gasteiger charge is -2.30. The van der Waals surface area contributed by atoms with Gasteiger partial charge in [0.25, 0.3) is 11.6 Å². The van der Waals surface area contributed by atoms with E-state index < -0.39 is 4.92 Å². The minimum atomic E-state index is -0.447. The Balaban J connectivity index is 1.70. The summed E-state index contributed by atoms with van der Waals surface area (Å²) in [7, 11) is 1.58. The smallest absolute Gasteiger partial charge is 0.270 e. The quantitative estimate of drug-likeness (QED) is 0.437. The van der Waals surface area contributed by atoms with Crippen LogP contribution in [-0.4, -0.2) is 64.5 Å². The van der Waals surface area contributed by atoms with Crippen LogP contribution in [0, 0.1) is 16.0 Å². The molecule has 0 saturated carbocycles. The zero-order valence-corrected chi connectivity index (χ0v) is 19.2. The highest BCUT2D eigenvalue weighted by Gasteiger charge is 2.21. The van der Waals surface area contributed by atoms with Crippen LogP contribution < -0.4 is 4.80 Å². The molecule has 2 heterocycles. The van der Waals surface area contributed by atoms with Crippen LogP contribution in [0.4, 0.5) is 5.69 Å². The first-order valence-electron chi connectivity index (χ1n) is 10.1. The SMILES string of the molecule is COCCn1c(=NC(=O)CSCC(=O)N2CCCC(C)C2)sc2cc([N+](=O)[O-])ccc21. The van der Waals surface area contributed by atoms with E-state index >= 15 is 0 Å². The predicted octanol–water partition coefficient (Wildman–Crippen LogP) is 2.68. The average Bonchev–Trinajstić information content (AvgIpc) is 3.07. The van der Waals surface area contributed by atoms with Crippen molar-refractivity contribution in [2.75, 3.05) is 38.3 Å². The van der Waals surface area contributed by atoms with Crippen molar-refractivity contribution in [1.82, 2.24) is 9.47 Å². The number of carbonyl (C=O) groups excluding carboxylic acids is 2. The Hall–Kier alpha value is -2.24. The van der Waals surface area contributed by atoms with E-state index in [9.17, 15) is 19.7 Å². The molecule has 2 amide bonds. The first-order valence-corrected chi connectivity index (χ1v) is 12.1. The van der Waals surface area contributed by atoms with E-state index in [1.165, 1.54) is 35.2 Å². The van der Waals surface area contributed by atoms with Crippen molar-refractivity contribution in [2.24, 2.45) is 10.9 Å². The Bertz CT molecular complexity index is 1030. The number of non-ortho nitro benzene ring substituents is 1. The topological polar surface area (TPSA) is 107 Å². The molecular weight excluding hydrogens is 440 g/mol. The van der Waals surface area contributed by atoms with Gasteiger partial charge in [-0.15, -0.1) is 11.8 Å². The molecule has 1 saturated heterocycles. The number of fused-ring (bicyclic) bond motifs is 1. The normalized spacial score (nSPS) is 17.3. The third kappa shape index (κ3) is 6.14. The number of likely N-dealkylation sites (tertiary alicyclic amines) is 1. The van der Waals surface area contributed by atoms with Crippen molar-refractivity contribution in [3.8, 4) is 0 Å². The Morgan fingerprint density at radius 1 is 1.39 bits per heavy atom. The molecule has 1 fully saturated rings. The highest BCUT2D eigenvalue weighted by Crippen LogP contribution is 2.23. The molecular formula is C20H26N4O5S2. The molecule has 0 aliphatic carbocycles. The summed E-state index contributed by atoms with van der Waals surface area (Å²) in [6.45, 7) is 4.61. The maximum absolute atomic E-state index is 12.4. The van der Waals surface area contributed by atoms with Crippen LogP contribution in [0.5, 0.6) is 0 Å². The van der Waals surface area contributed by atoms with Crippen LogP contribution in [-0.2, 0) is 20.9 Å². The molecule has 1 unspecified atom stereocenters. The molecule has 31 heavy (non-hydrogen) atoms. The van der Waals surface area contributed by atoms with Gasteiger partial charge in [0, 0.05) is 38.9 Å². The molecule has 1 atom stereocenters. The summed E-state index contributed by atoms with van der Waals surface area (Å²) in [5.41, 5.74) is 0.757. The number of carbonyl (C=O) groups is 2. The molecule has 1 aliphatic heterocycles. The molecule has 0 spiro atoms. The second kappa shape index (κ2) is 10.9. The minimum Gasteiger partial charge on any atom is -0.383 e. The summed E-state index contributed by atoms with van der Waals surface area (Å²) < 4.78 is 7.65. The van der Waals surface area contributed by atoms with Crippen LogP contribution in [0.15, 0.2) is 23.2 Å². The van der Waals surface area contributed by atoms with E-state index in [2.05, 4.69) is 11.9 Å². The standard InChI is InChI=1S/C20H26N4O5S2/c1-14-4-3-7-22(11-14)19(26)13-30-12-18(25)21-20-23(8-9-29-2)16-6-5-15(24(27)28)10-17(16)31-20/h5-6,10,14H,3-4,7-9,11-13H2,1-2H3.